The van der Waals surface area contributed by atoms with Crippen molar-refractivity contribution in [3.8, 4) is 11.4 Å². The molecule has 4 bridgehead atoms. The van der Waals surface area contributed by atoms with Crippen molar-refractivity contribution < 1.29 is 0 Å². The molecule has 0 radical (unpaired) electrons. The third-order valence-corrected chi connectivity index (χ3v) is 6.12. The monoisotopic (exact) mass is 294 g/mol. The van der Waals surface area contributed by atoms with Gasteiger partial charge < -0.3 is 0 Å². The third-order valence-electron chi connectivity index (χ3n) is 6.12. The normalized spacial score (nSPS) is 36.0. The van der Waals surface area contributed by atoms with Crippen LogP contribution in [0.4, 0.5) is 0 Å². The van der Waals surface area contributed by atoms with Crippen LogP contribution in [0.3, 0.4) is 0 Å². The fourth-order valence-corrected chi connectivity index (χ4v) is 5.62. The fourth-order valence-electron chi connectivity index (χ4n) is 5.62. The van der Waals surface area contributed by atoms with Crippen molar-refractivity contribution in [2.45, 2.75) is 51.0 Å². The Labute approximate surface area is 130 Å². The molecule has 4 saturated carbocycles. The van der Waals surface area contributed by atoms with E-state index in [2.05, 4.69) is 41.5 Å². The van der Waals surface area contributed by atoms with Crippen molar-refractivity contribution >= 4 is 0 Å². The van der Waals surface area contributed by atoms with Crippen LogP contribution in [0.25, 0.3) is 11.4 Å². The minimum atomic E-state index is 0.170. The Morgan fingerprint density at radius 1 is 1.05 bits per heavy atom. The van der Waals surface area contributed by atoms with Crippen LogP contribution < -0.4 is 0 Å². The number of benzene rings is 1. The second-order valence-electron chi connectivity index (χ2n) is 7.91. The molecular weight excluding hydrogens is 272 g/mol. The maximum atomic E-state index is 4.81. The molecule has 0 amide bonds. The van der Waals surface area contributed by atoms with Gasteiger partial charge in [-0.3, -0.25) is 0 Å². The minimum Gasteiger partial charge on any atom is -0.158 e. The zero-order valence-electron chi connectivity index (χ0n) is 13.1. The summed E-state index contributed by atoms with van der Waals surface area (Å²) < 4.78 is 0. The van der Waals surface area contributed by atoms with Gasteiger partial charge in [0.25, 0.3) is 0 Å². The molecule has 1 aromatic heterocycles. The van der Waals surface area contributed by atoms with E-state index in [4.69, 9.17) is 5.10 Å². The number of tetrazole rings is 1. The molecule has 0 atom stereocenters. The van der Waals surface area contributed by atoms with E-state index in [1.807, 2.05) is 4.80 Å². The molecule has 0 aliphatic heterocycles. The molecule has 4 aliphatic rings. The molecule has 0 N–H and O–H groups in total. The number of hydrogen-bond donors (Lipinski definition) is 0. The molecule has 4 aliphatic carbocycles. The van der Waals surface area contributed by atoms with E-state index in [0.717, 1.165) is 29.1 Å². The lowest BCUT2D eigenvalue weighted by molar-refractivity contribution is -0.0573. The summed E-state index contributed by atoms with van der Waals surface area (Å²) >= 11 is 0. The van der Waals surface area contributed by atoms with Crippen molar-refractivity contribution in [1.29, 1.82) is 0 Å². The Kier molecular flexibility index (Phi) is 2.56. The Morgan fingerprint density at radius 2 is 1.73 bits per heavy atom. The molecule has 22 heavy (non-hydrogen) atoms. The van der Waals surface area contributed by atoms with E-state index in [9.17, 15) is 0 Å². The number of nitrogens with zero attached hydrogens (tertiary/aromatic N) is 4. The molecule has 0 unspecified atom stereocenters. The summed E-state index contributed by atoms with van der Waals surface area (Å²) in [5.41, 5.74) is 2.49. The summed E-state index contributed by atoms with van der Waals surface area (Å²) in [5, 5.41) is 13.7. The van der Waals surface area contributed by atoms with Gasteiger partial charge in [-0.15, -0.1) is 10.2 Å². The highest BCUT2D eigenvalue weighted by atomic mass is 15.6. The van der Waals surface area contributed by atoms with Gasteiger partial charge in [0, 0.05) is 5.56 Å². The molecule has 4 fully saturated rings. The number of rotatable bonds is 2. The Bertz CT molecular complexity index is 682. The second kappa shape index (κ2) is 4.40. The first-order chi connectivity index (χ1) is 10.7. The van der Waals surface area contributed by atoms with Crippen LogP contribution in [-0.4, -0.2) is 20.2 Å². The number of aryl methyl sites for hydroxylation is 1. The number of aromatic nitrogens is 4. The Morgan fingerprint density at radius 3 is 2.36 bits per heavy atom. The highest BCUT2D eigenvalue weighted by Crippen LogP contribution is 2.58. The predicted octanol–water partition coefficient (Wildman–Crippen LogP) is 3.57. The Hall–Kier alpha value is -1.71. The maximum absolute atomic E-state index is 4.81. The standard InChI is InChI=1S/C18H22N4/c1-12-3-2-4-16(5-12)17-19-21-22(20-17)18-9-13-6-14(10-18)8-15(7-13)11-18/h2-5,13-15H,6-11H2,1H3. The summed E-state index contributed by atoms with van der Waals surface area (Å²) in [6, 6.07) is 8.39. The van der Waals surface area contributed by atoms with E-state index in [-0.39, 0.29) is 5.54 Å². The van der Waals surface area contributed by atoms with Crippen LogP contribution in [0.5, 0.6) is 0 Å². The summed E-state index contributed by atoms with van der Waals surface area (Å²) in [6.07, 6.45) is 8.13. The van der Waals surface area contributed by atoms with E-state index >= 15 is 0 Å². The summed E-state index contributed by atoms with van der Waals surface area (Å²) in [7, 11) is 0. The van der Waals surface area contributed by atoms with Gasteiger partial charge in [-0.2, -0.15) is 4.80 Å². The minimum absolute atomic E-state index is 0.170. The first-order valence-corrected chi connectivity index (χ1v) is 8.58. The lowest BCUT2D eigenvalue weighted by atomic mass is 9.53. The van der Waals surface area contributed by atoms with E-state index < -0.39 is 0 Å². The molecule has 0 saturated heterocycles. The van der Waals surface area contributed by atoms with Crippen molar-refractivity contribution in [3.63, 3.8) is 0 Å². The van der Waals surface area contributed by atoms with Gasteiger partial charge in [0.1, 0.15) is 0 Å². The van der Waals surface area contributed by atoms with Crippen LogP contribution in [-0.2, 0) is 5.54 Å². The topological polar surface area (TPSA) is 43.6 Å². The van der Waals surface area contributed by atoms with E-state index in [0.29, 0.717) is 0 Å². The largest absolute Gasteiger partial charge is 0.204 e. The van der Waals surface area contributed by atoms with Gasteiger partial charge in [0.15, 0.2) is 0 Å². The van der Waals surface area contributed by atoms with Gasteiger partial charge in [-0.25, -0.2) is 0 Å². The van der Waals surface area contributed by atoms with Crippen molar-refractivity contribution in [3.05, 3.63) is 29.8 Å². The zero-order chi connectivity index (χ0) is 14.7. The van der Waals surface area contributed by atoms with Gasteiger partial charge in [0.2, 0.25) is 5.82 Å². The summed E-state index contributed by atoms with van der Waals surface area (Å²) in [6.45, 7) is 2.10. The zero-order valence-corrected chi connectivity index (χ0v) is 13.1. The van der Waals surface area contributed by atoms with Crippen molar-refractivity contribution in [1.82, 2.24) is 20.2 Å². The lowest BCUT2D eigenvalue weighted by Crippen LogP contribution is -2.52. The van der Waals surface area contributed by atoms with Gasteiger partial charge in [-0.05, 0) is 74.5 Å². The fraction of sp³-hybridized carbons (Fsp3) is 0.611. The Balaban J connectivity index is 1.52. The number of hydrogen-bond acceptors (Lipinski definition) is 3. The van der Waals surface area contributed by atoms with Crippen LogP contribution in [0.2, 0.25) is 0 Å². The SMILES string of the molecule is Cc1cccc(-c2nnn(C34CC5CC(CC(C5)C3)C4)n2)c1. The summed E-state index contributed by atoms with van der Waals surface area (Å²) in [4.78, 5) is 2.00. The van der Waals surface area contributed by atoms with Crippen LogP contribution in [0.15, 0.2) is 24.3 Å². The highest BCUT2D eigenvalue weighted by molar-refractivity contribution is 5.54. The molecule has 4 nitrogen and oxygen atoms in total. The average Bonchev–Trinajstić information content (AvgIpc) is 2.96. The van der Waals surface area contributed by atoms with Crippen molar-refractivity contribution in [2.75, 3.05) is 0 Å². The molecule has 1 heterocycles. The van der Waals surface area contributed by atoms with Gasteiger partial charge in [0.05, 0.1) is 5.54 Å². The van der Waals surface area contributed by atoms with Gasteiger partial charge in [-0.1, -0.05) is 23.8 Å². The second-order valence-corrected chi connectivity index (χ2v) is 7.91. The molecule has 1 aromatic carbocycles. The summed E-state index contributed by atoms with van der Waals surface area (Å²) in [5.74, 6) is 3.48. The quantitative estimate of drug-likeness (QED) is 0.850. The molecule has 0 spiro atoms. The predicted molar refractivity (Wildman–Crippen MR) is 84.1 cm³/mol. The van der Waals surface area contributed by atoms with Crippen molar-refractivity contribution in [2.24, 2.45) is 17.8 Å². The molecule has 6 rings (SSSR count). The maximum Gasteiger partial charge on any atom is 0.204 e. The molecule has 2 aromatic rings. The van der Waals surface area contributed by atoms with Crippen LogP contribution >= 0.6 is 0 Å². The van der Waals surface area contributed by atoms with Crippen LogP contribution in [0.1, 0.15) is 44.1 Å². The first-order valence-electron chi connectivity index (χ1n) is 8.58. The van der Waals surface area contributed by atoms with E-state index in [1.54, 1.807) is 0 Å². The van der Waals surface area contributed by atoms with Crippen LogP contribution in [0, 0.1) is 24.7 Å². The molecule has 114 valence electrons. The van der Waals surface area contributed by atoms with E-state index in [1.165, 1.54) is 44.1 Å². The lowest BCUT2D eigenvalue weighted by Gasteiger charge is -2.55. The highest BCUT2D eigenvalue weighted by Gasteiger charge is 2.53. The molecular formula is C18H22N4. The average molecular weight is 294 g/mol. The van der Waals surface area contributed by atoms with Gasteiger partial charge >= 0.3 is 0 Å². The molecule has 4 heteroatoms. The third kappa shape index (κ3) is 1.86. The smallest absolute Gasteiger partial charge is 0.158 e. The first kappa shape index (κ1) is 12.8.